The molecule has 0 saturated carbocycles. The van der Waals surface area contributed by atoms with Crippen molar-refractivity contribution in [3.63, 3.8) is 0 Å². The summed E-state index contributed by atoms with van der Waals surface area (Å²) in [6.45, 7) is 1.61. The predicted octanol–water partition coefficient (Wildman–Crippen LogP) is -0.0342. The molecule has 0 aromatic heterocycles. The number of hydrogen-bond donors (Lipinski definition) is 0. The van der Waals surface area contributed by atoms with Gasteiger partial charge < -0.3 is 28.4 Å². The number of rotatable bonds is 6. The van der Waals surface area contributed by atoms with Crippen molar-refractivity contribution in [3.8, 4) is 0 Å². The van der Waals surface area contributed by atoms with E-state index in [1.807, 2.05) is 0 Å². The molecule has 1 saturated heterocycles. The molecule has 1 heterocycles. The Morgan fingerprint density at radius 2 is 1.58 bits per heavy atom. The molecule has 0 aromatic carbocycles. The fourth-order valence-corrected chi connectivity index (χ4v) is 2.24. The zero-order valence-corrected chi connectivity index (χ0v) is 12.0. The molecular formula is C12H22O7. The van der Waals surface area contributed by atoms with Gasteiger partial charge in [-0.1, -0.05) is 0 Å². The Bertz CT molecular complexity index is 283. The van der Waals surface area contributed by atoms with Crippen LogP contribution in [0.15, 0.2) is 0 Å². The third-order valence-corrected chi connectivity index (χ3v) is 3.02. The lowest BCUT2D eigenvalue weighted by molar-refractivity contribution is -0.304. The smallest absolute Gasteiger partial charge is 0.305 e. The molecule has 5 atom stereocenters. The van der Waals surface area contributed by atoms with E-state index >= 15 is 0 Å². The molecular weight excluding hydrogens is 256 g/mol. The number of carbonyl (C=O) groups is 1. The Labute approximate surface area is 113 Å². The van der Waals surface area contributed by atoms with Gasteiger partial charge >= 0.3 is 5.97 Å². The van der Waals surface area contributed by atoms with Crippen LogP contribution in [0.4, 0.5) is 0 Å². The van der Waals surface area contributed by atoms with E-state index in [2.05, 4.69) is 0 Å². The zero-order chi connectivity index (χ0) is 14.4. The minimum Gasteiger partial charge on any atom is -0.433 e. The fraction of sp³-hybridized carbons (Fsp3) is 0.917. The number of hydrogen-bond acceptors (Lipinski definition) is 7. The van der Waals surface area contributed by atoms with Gasteiger partial charge in [0.15, 0.2) is 0 Å². The third-order valence-electron chi connectivity index (χ3n) is 3.02. The predicted molar refractivity (Wildman–Crippen MR) is 64.7 cm³/mol. The van der Waals surface area contributed by atoms with E-state index in [1.54, 1.807) is 21.3 Å². The molecule has 19 heavy (non-hydrogen) atoms. The normalized spacial score (nSPS) is 35.1. The highest BCUT2D eigenvalue weighted by molar-refractivity contribution is 5.66. The highest BCUT2D eigenvalue weighted by Crippen LogP contribution is 2.28. The first-order valence-corrected chi connectivity index (χ1v) is 5.99. The number of carbonyl (C=O) groups excluding carboxylic acids is 1. The van der Waals surface area contributed by atoms with Gasteiger partial charge in [-0.15, -0.1) is 0 Å². The summed E-state index contributed by atoms with van der Waals surface area (Å²) in [5.74, 6) is -0.450. The van der Waals surface area contributed by atoms with Crippen molar-refractivity contribution in [2.45, 2.75) is 37.6 Å². The standard InChI is InChI=1S/C12H22O7/c1-7(13)18-12-11(17-5)10(16-4)9(15-3)8(19-12)6-14-2/h8-12H,6H2,1-5H3/t8-,9-,10+,11-,12+/m1/s1. The molecule has 0 spiro atoms. The molecule has 0 bridgehead atoms. The first kappa shape index (κ1) is 16.3. The second kappa shape index (κ2) is 7.76. The van der Waals surface area contributed by atoms with Crippen molar-refractivity contribution >= 4 is 5.97 Å². The molecule has 0 amide bonds. The van der Waals surface area contributed by atoms with E-state index in [4.69, 9.17) is 28.4 Å². The lowest BCUT2D eigenvalue weighted by Gasteiger charge is -2.43. The van der Waals surface area contributed by atoms with Crippen LogP contribution < -0.4 is 0 Å². The fourth-order valence-electron chi connectivity index (χ4n) is 2.24. The maximum absolute atomic E-state index is 11.1. The Hall–Kier alpha value is -0.730. The molecule has 112 valence electrons. The van der Waals surface area contributed by atoms with Crippen LogP contribution in [0.25, 0.3) is 0 Å². The van der Waals surface area contributed by atoms with Crippen molar-refractivity contribution < 1.29 is 33.2 Å². The van der Waals surface area contributed by atoms with Gasteiger partial charge in [0.05, 0.1) is 6.61 Å². The van der Waals surface area contributed by atoms with Gasteiger partial charge in [0, 0.05) is 35.4 Å². The summed E-state index contributed by atoms with van der Waals surface area (Å²) in [6.07, 6.45) is -2.61. The van der Waals surface area contributed by atoms with Gasteiger partial charge in [-0.05, 0) is 0 Å². The Morgan fingerprint density at radius 1 is 1.00 bits per heavy atom. The van der Waals surface area contributed by atoms with Crippen molar-refractivity contribution in [1.82, 2.24) is 0 Å². The van der Waals surface area contributed by atoms with Gasteiger partial charge in [0.1, 0.15) is 24.4 Å². The Balaban J connectivity index is 2.91. The van der Waals surface area contributed by atoms with Crippen LogP contribution >= 0.6 is 0 Å². The van der Waals surface area contributed by atoms with Crippen LogP contribution in [-0.4, -0.2) is 71.7 Å². The van der Waals surface area contributed by atoms with E-state index in [9.17, 15) is 4.79 Å². The molecule has 0 aliphatic carbocycles. The second-order valence-corrected chi connectivity index (χ2v) is 4.21. The maximum atomic E-state index is 11.1. The van der Waals surface area contributed by atoms with Gasteiger partial charge in [-0.3, -0.25) is 4.79 Å². The zero-order valence-electron chi connectivity index (χ0n) is 12.0. The number of esters is 1. The van der Waals surface area contributed by atoms with Gasteiger partial charge in [0.2, 0.25) is 6.29 Å². The average Bonchev–Trinajstić information content (AvgIpc) is 2.37. The summed E-state index contributed by atoms with van der Waals surface area (Å²) < 4.78 is 32.0. The molecule has 0 aromatic rings. The number of methoxy groups -OCH3 is 4. The summed E-state index contributed by atoms with van der Waals surface area (Å²) in [5, 5.41) is 0. The van der Waals surface area contributed by atoms with Crippen LogP contribution in [0.3, 0.4) is 0 Å². The minimum atomic E-state index is -0.848. The van der Waals surface area contributed by atoms with E-state index in [1.165, 1.54) is 14.0 Å². The Kier molecular flexibility index (Phi) is 6.67. The maximum Gasteiger partial charge on any atom is 0.305 e. The van der Waals surface area contributed by atoms with E-state index in [0.717, 1.165) is 0 Å². The van der Waals surface area contributed by atoms with Gasteiger partial charge in [-0.2, -0.15) is 0 Å². The van der Waals surface area contributed by atoms with Crippen LogP contribution in [0, 0.1) is 0 Å². The van der Waals surface area contributed by atoms with Gasteiger partial charge in [-0.25, -0.2) is 0 Å². The summed E-state index contributed by atoms with van der Waals surface area (Å²) in [6, 6.07) is 0. The van der Waals surface area contributed by atoms with Crippen LogP contribution in [0.2, 0.25) is 0 Å². The second-order valence-electron chi connectivity index (χ2n) is 4.21. The van der Waals surface area contributed by atoms with E-state index < -0.39 is 30.6 Å². The number of ether oxygens (including phenoxy) is 6. The highest BCUT2D eigenvalue weighted by atomic mass is 16.7. The van der Waals surface area contributed by atoms with E-state index in [-0.39, 0.29) is 6.10 Å². The minimum absolute atomic E-state index is 0.298. The molecule has 1 rings (SSSR count). The van der Waals surface area contributed by atoms with Crippen LogP contribution in [-0.2, 0) is 33.2 Å². The molecule has 1 aliphatic heterocycles. The van der Waals surface area contributed by atoms with E-state index in [0.29, 0.717) is 6.61 Å². The topological polar surface area (TPSA) is 72.5 Å². The summed E-state index contributed by atoms with van der Waals surface area (Å²) >= 11 is 0. The Morgan fingerprint density at radius 3 is 2.00 bits per heavy atom. The molecule has 7 nitrogen and oxygen atoms in total. The van der Waals surface area contributed by atoms with Crippen molar-refractivity contribution in [2.75, 3.05) is 35.0 Å². The van der Waals surface area contributed by atoms with Gasteiger partial charge in [0.25, 0.3) is 0 Å². The SMILES string of the molecule is COC[C@H]1O[C@H](OC(C)=O)[C@H](OC)[C@@H](OC)[C@@H]1OC. The van der Waals surface area contributed by atoms with Crippen LogP contribution in [0.5, 0.6) is 0 Å². The first-order chi connectivity index (χ1) is 9.08. The molecule has 1 fully saturated rings. The largest absolute Gasteiger partial charge is 0.433 e. The molecule has 1 aliphatic rings. The quantitative estimate of drug-likeness (QED) is 0.631. The first-order valence-electron chi connectivity index (χ1n) is 5.99. The molecule has 0 unspecified atom stereocenters. The van der Waals surface area contributed by atoms with Crippen molar-refractivity contribution in [3.05, 3.63) is 0 Å². The van der Waals surface area contributed by atoms with Crippen molar-refractivity contribution in [2.24, 2.45) is 0 Å². The summed E-state index contributed by atoms with van der Waals surface area (Å²) in [4.78, 5) is 11.1. The summed E-state index contributed by atoms with van der Waals surface area (Å²) in [5.41, 5.74) is 0. The van der Waals surface area contributed by atoms with Crippen molar-refractivity contribution in [1.29, 1.82) is 0 Å². The van der Waals surface area contributed by atoms with Crippen LogP contribution in [0.1, 0.15) is 6.92 Å². The summed E-state index contributed by atoms with van der Waals surface area (Å²) in [7, 11) is 6.16. The lowest BCUT2D eigenvalue weighted by atomic mass is 9.98. The molecule has 0 N–H and O–H groups in total. The molecule has 0 radical (unpaired) electrons. The molecule has 7 heteroatoms. The highest BCUT2D eigenvalue weighted by Gasteiger charge is 2.48. The monoisotopic (exact) mass is 278 g/mol. The average molecular weight is 278 g/mol. The third kappa shape index (κ3) is 3.87. The lowest BCUT2D eigenvalue weighted by Crippen LogP contribution is -2.61.